The minimum absolute atomic E-state index is 0.0827. The van der Waals surface area contributed by atoms with Crippen LogP contribution in [-0.4, -0.2) is 13.1 Å². The standard InChI is InChI=1S/C19H34O2/c1-3-4-5-6-7-8-9-10-11-12-13-14-15-16-17-18-19(20)21-2/h7-8,10-11H,3-6,9,12-18H2,1-2H3/b8-7-,11-10+. The Hall–Kier alpha value is -1.05. The summed E-state index contributed by atoms with van der Waals surface area (Å²) in [6, 6.07) is 0. The van der Waals surface area contributed by atoms with E-state index < -0.39 is 0 Å². The maximum Gasteiger partial charge on any atom is 0.305 e. The second kappa shape index (κ2) is 17.0. The number of methoxy groups -OCH3 is 1. The van der Waals surface area contributed by atoms with Crippen LogP contribution in [0.5, 0.6) is 0 Å². The van der Waals surface area contributed by atoms with E-state index in [0.717, 1.165) is 19.3 Å². The van der Waals surface area contributed by atoms with Gasteiger partial charge in [0.15, 0.2) is 0 Å². The molecule has 21 heavy (non-hydrogen) atoms. The van der Waals surface area contributed by atoms with Gasteiger partial charge in [-0.15, -0.1) is 0 Å². The highest BCUT2D eigenvalue weighted by atomic mass is 16.5. The molecule has 0 aliphatic rings. The van der Waals surface area contributed by atoms with E-state index in [4.69, 9.17) is 0 Å². The van der Waals surface area contributed by atoms with Gasteiger partial charge in [0.2, 0.25) is 0 Å². The first kappa shape index (κ1) is 19.9. The van der Waals surface area contributed by atoms with Crippen molar-refractivity contribution in [1.82, 2.24) is 0 Å². The van der Waals surface area contributed by atoms with Gasteiger partial charge in [0.25, 0.3) is 0 Å². The van der Waals surface area contributed by atoms with Crippen LogP contribution in [0.15, 0.2) is 24.3 Å². The number of unbranched alkanes of at least 4 members (excludes halogenated alkanes) is 8. The van der Waals surface area contributed by atoms with Crippen LogP contribution in [0.4, 0.5) is 0 Å². The monoisotopic (exact) mass is 294 g/mol. The minimum Gasteiger partial charge on any atom is -0.469 e. The molecule has 122 valence electrons. The van der Waals surface area contributed by atoms with Crippen molar-refractivity contribution in [1.29, 1.82) is 0 Å². The lowest BCUT2D eigenvalue weighted by Gasteiger charge is -1.99. The van der Waals surface area contributed by atoms with Crippen LogP contribution in [0, 0.1) is 0 Å². The summed E-state index contributed by atoms with van der Waals surface area (Å²) in [5.74, 6) is -0.0827. The number of ether oxygens (including phenoxy) is 1. The number of carbonyl (C=O) groups is 1. The number of hydrogen-bond donors (Lipinski definition) is 0. The summed E-state index contributed by atoms with van der Waals surface area (Å²) in [4.78, 5) is 10.9. The van der Waals surface area contributed by atoms with Gasteiger partial charge in [-0.25, -0.2) is 0 Å². The van der Waals surface area contributed by atoms with E-state index in [1.54, 1.807) is 0 Å². The van der Waals surface area contributed by atoms with Crippen molar-refractivity contribution in [2.75, 3.05) is 7.11 Å². The van der Waals surface area contributed by atoms with Crippen LogP contribution in [0.3, 0.4) is 0 Å². The fourth-order valence-electron chi connectivity index (χ4n) is 2.18. The van der Waals surface area contributed by atoms with Crippen LogP contribution in [0.25, 0.3) is 0 Å². The molecule has 0 aliphatic heterocycles. The first-order chi connectivity index (χ1) is 10.3. The first-order valence-electron chi connectivity index (χ1n) is 8.68. The zero-order valence-corrected chi connectivity index (χ0v) is 14.1. The number of carbonyl (C=O) groups excluding carboxylic acids is 1. The van der Waals surface area contributed by atoms with Gasteiger partial charge in [0.05, 0.1) is 7.11 Å². The van der Waals surface area contributed by atoms with E-state index in [2.05, 4.69) is 36.0 Å². The summed E-state index contributed by atoms with van der Waals surface area (Å²) < 4.78 is 4.62. The van der Waals surface area contributed by atoms with E-state index in [0.29, 0.717) is 6.42 Å². The molecule has 2 nitrogen and oxygen atoms in total. The Balaban J connectivity index is 3.20. The topological polar surface area (TPSA) is 26.3 Å². The lowest BCUT2D eigenvalue weighted by Crippen LogP contribution is -1.98. The van der Waals surface area contributed by atoms with E-state index in [1.165, 1.54) is 58.5 Å². The number of allylic oxidation sites excluding steroid dienone is 4. The number of esters is 1. The molecule has 0 rings (SSSR count). The van der Waals surface area contributed by atoms with Crippen LogP contribution in [-0.2, 0) is 9.53 Å². The van der Waals surface area contributed by atoms with E-state index in [-0.39, 0.29) is 5.97 Å². The smallest absolute Gasteiger partial charge is 0.305 e. The van der Waals surface area contributed by atoms with Crippen LogP contribution >= 0.6 is 0 Å². The molecule has 0 N–H and O–H groups in total. The predicted octanol–water partition coefficient (Wildman–Crippen LogP) is 5.97. The number of hydrogen-bond acceptors (Lipinski definition) is 2. The minimum atomic E-state index is -0.0827. The molecule has 0 unspecified atom stereocenters. The molecule has 0 saturated heterocycles. The molecule has 0 saturated carbocycles. The van der Waals surface area contributed by atoms with Gasteiger partial charge < -0.3 is 4.74 Å². The largest absolute Gasteiger partial charge is 0.469 e. The molecular weight excluding hydrogens is 260 g/mol. The highest BCUT2D eigenvalue weighted by Gasteiger charge is 1.98. The SMILES string of the molecule is CCCCC/C=C\C/C=C/CCCCCCCC(=O)OC. The Labute approximate surface area is 131 Å². The Kier molecular flexibility index (Phi) is 16.2. The highest BCUT2D eigenvalue weighted by molar-refractivity contribution is 5.68. The third-order valence-corrected chi connectivity index (χ3v) is 3.56. The maximum absolute atomic E-state index is 10.9. The normalized spacial score (nSPS) is 11.5. The van der Waals surface area contributed by atoms with Gasteiger partial charge in [-0.3, -0.25) is 4.79 Å². The van der Waals surface area contributed by atoms with Crippen molar-refractivity contribution < 1.29 is 9.53 Å². The summed E-state index contributed by atoms with van der Waals surface area (Å²) >= 11 is 0. The van der Waals surface area contributed by atoms with Gasteiger partial charge >= 0.3 is 5.97 Å². The van der Waals surface area contributed by atoms with Crippen molar-refractivity contribution in [3.8, 4) is 0 Å². The van der Waals surface area contributed by atoms with E-state index in [9.17, 15) is 4.79 Å². The molecular formula is C19H34O2. The summed E-state index contributed by atoms with van der Waals surface area (Å²) in [6.45, 7) is 2.24. The van der Waals surface area contributed by atoms with Crippen molar-refractivity contribution in [3.05, 3.63) is 24.3 Å². The Morgan fingerprint density at radius 1 is 0.810 bits per heavy atom. The van der Waals surface area contributed by atoms with Crippen molar-refractivity contribution in [2.24, 2.45) is 0 Å². The second-order valence-corrected chi connectivity index (χ2v) is 5.56. The molecule has 0 bridgehead atoms. The Bertz CT molecular complexity index is 279. The third-order valence-electron chi connectivity index (χ3n) is 3.56. The Morgan fingerprint density at radius 3 is 2.00 bits per heavy atom. The fourth-order valence-corrected chi connectivity index (χ4v) is 2.18. The molecule has 0 amide bonds. The van der Waals surface area contributed by atoms with Crippen LogP contribution < -0.4 is 0 Å². The van der Waals surface area contributed by atoms with E-state index >= 15 is 0 Å². The summed E-state index contributed by atoms with van der Waals surface area (Å²) in [5, 5.41) is 0. The number of rotatable bonds is 14. The second-order valence-electron chi connectivity index (χ2n) is 5.56. The van der Waals surface area contributed by atoms with Gasteiger partial charge in [-0.05, 0) is 38.5 Å². The molecule has 2 heteroatoms. The quantitative estimate of drug-likeness (QED) is 0.224. The van der Waals surface area contributed by atoms with Gasteiger partial charge in [0.1, 0.15) is 0 Å². The third kappa shape index (κ3) is 16.9. The molecule has 0 aliphatic carbocycles. The lowest BCUT2D eigenvalue weighted by atomic mass is 10.1. The van der Waals surface area contributed by atoms with Gasteiger partial charge in [-0.1, -0.05) is 63.3 Å². The van der Waals surface area contributed by atoms with Crippen LogP contribution in [0.2, 0.25) is 0 Å². The first-order valence-corrected chi connectivity index (χ1v) is 8.68. The maximum atomic E-state index is 10.9. The lowest BCUT2D eigenvalue weighted by molar-refractivity contribution is -0.140. The summed E-state index contributed by atoms with van der Waals surface area (Å²) in [6.07, 6.45) is 23.0. The highest BCUT2D eigenvalue weighted by Crippen LogP contribution is 2.08. The van der Waals surface area contributed by atoms with Gasteiger partial charge in [0, 0.05) is 6.42 Å². The molecule has 0 radical (unpaired) electrons. The van der Waals surface area contributed by atoms with Gasteiger partial charge in [-0.2, -0.15) is 0 Å². The molecule has 0 atom stereocenters. The average molecular weight is 294 g/mol. The molecule has 0 aromatic carbocycles. The zero-order chi connectivity index (χ0) is 15.6. The van der Waals surface area contributed by atoms with Crippen molar-refractivity contribution >= 4 is 5.97 Å². The van der Waals surface area contributed by atoms with E-state index in [1.807, 2.05) is 0 Å². The molecule has 0 aromatic rings. The Morgan fingerprint density at radius 2 is 1.38 bits per heavy atom. The fraction of sp³-hybridized carbons (Fsp3) is 0.737. The molecule has 0 aromatic heterocycles. The van der Waals surface area contributed by atoms with Crippen molar-refractivity contribution in [3.63, 3.8) is 0 Å². The van der Waals surface area contributed by atoms with Crippen LogP contribution in [0.1, 0.15) is 84.0 Å². The molecule has 0 fully saturated rings. The average Bonchev–Trinajstić information content (AvgIpc) is 2.50. The molecule has 0 spiro atoms. The summed E-state index contributed by atoms with van der Waals surface area (Å²) in [7, 11) is 1.45. The zero-order valence-electron chi connectivity index (χ0n) is 14.1. The predicted molar refractivity (Wildman–Crippen MR) is 91.4 cm³/mol. The summed E-state index contributed by atoms with van der Waals surface area (Å²) in [5.41, 5.74) is 0. The molecule has 0 heterocycles. The van der Waals surface area contributed by atoms with Crippen molar-refractivity contribution in [2.45, 2.75) is 84.0 Å².